The summed E-state index contributed by atoms with van der Waals surface area (Å²) in [4.78, 5) is 12.6. The molecule has 5 aromatic rings. The van der Waals surface area contributed by atoms with Crippen LogP contribution in [0.15, 0.2) is 94.3 Å². The number of ether oxygens (including phenoxy) is 1. The number of hydrogen-bond donors (Lipinski definition) is 2. The average Bonchev–Trinajstić information content (AvgIpc) is 4.02. The molecule has 2 fully saturated rings. The molecule has 0 aliphatic heterocycles. The summed E-state index contributed by atoms with van der Waals surface area (Å²) in [5, 5.41) is 8.55. The lowest BCUT2D eigenvalue weighted by Gasteiger charge is -2.19. The Balaban J connectivity index is 0.963. The van der Waals surface area contributed by atoms with Crippen LogP contribution in [0.1, 0.15) is 85.8 Å². The molecule has 51 heavy (non-hydrogen) atoms. The number of carbonyl (C=O) groups is 1. The molecular weight excluding hydrogens is 729 g/mol. The van der Waals surface area contributed by atoms with Gasteiger partial charge in [0.05, 0.1) is 20.5 Å². The Morgan fingerprint density at radius 1 is 0.902 bits per heavy atom. The highest BCUT2D eigenvalue weighted by Crippen LogP contribution is 2.56. The first-order valence-corrected chi connectivity index (χ1v) is 19.3. The summed E-state index contributed by atoms with van der Waals surface area (Å²) in [6.07, 6.45) is 2.99. The zero-order valence-electron chi connectivity index (χ0n) is 28.2. The molecule has 264 valence electrons. The van der Waals surface area contributed by atoms with Gasteiger partial charge in [0.1, 0.15) is 23.8 Å². The van der Waals surface area contributed by atoms with E-state index in [-0.39, 0.29) is 28.8 Å². The standard InChI is InChI=1S/C39H36Cl3N3O5S/c1-39(2,3)24-11-16-27(17-12-24)51(47,48)45-38(46)43-25-13-9-22(10-14-25)29-20-30(29)28-18-15-26(19-34(28)42)49-21-31-36(44-50-37(31)23-7-8-23)35-32(40)5-4-6-33(35)41/h4-6,9-19,23,29-30H,7-8,20-21H2,1-3H3,(H2,43,45,46)/t29-,30-/m0/s1. The summed E-state index contributed by atoms with van der Waals surface area (Å²) in [6.45, 7) is 6.36. The maximum Gasteiger partial charge on any atom is 0.333 e. The summed E-state index contributed by atoms with van der Waals surface area (Å²) >= 11 is 19.8. The third-order valence-corrected chi connectivity index (χ3v) is 11.7. The van der Waals surface area contributed by atoms with Crippen LogP contribution in [-0.4, -0.2) is 19.6 Å². The van der Waals surface area contributed by atoms with E-state index in [0.29, 0.717) is 43.7 Å². The molecule has 4 aromatic carbocycles. The summed E-state index contributed by atoms with van der Waals surface area (Å²) in [5.41, 5.74) is 5.52. The number of sulfonamides is 1. The van der Waals surface area contributed by atoms with Gasteiger partial charge in [0.25, 0.3) is 10.0 Å². The van der Waals surface area contributed by atoms with E-state index < -0.39 is 16.1 Å². The minimum Gasteiger partial charge on any atom is -0.489 e. The lowest BCUT2D eigenvalue weighted by Crippen LogP contribution is -2.34. The lowest BCUT2D eigenvalue weighted by molar-refractivity contribution is 0.256. The molecule has 7 rings (SSSR count). The third kappa shape index (κ3) is 7.77. The van der Waals surface area contributed by atoms with Gasteiger partial charge in [0.2, 0.25) is 0 Å². The minimum atomic E-state index is -4.03. The van der Waals surface area contributed by atoms with Crippen molar-refractivity contribution in [3.05, 3.63) is 128 Å². The highest BCUT2D eigenvalue weighted by Gasteiger charge is 2.40. The fourth-order valence-electron chi connectivity index (χ4n) is 6.29. The van der Waals surface area contributed by atoms with Crippen LogP contribution in [0.5, 0.6) is 5.75 Å². The number of halogens is 3. The maximum absolute atomic E-state index is 12.8. The van der Waals surface area contributed by atoms with Crippen LogP contribution in [0.25, 0.3) is 11.3 Å². The number of urea groups is 1. The number of rotatable bonds is 10. The van der Waals surface area contributed by atoms with Gasteiger partial charge in [0, 0.05) is 22.2 Å². The lowest BCUT2D eigenvalue weighted by atomic mass is 9.87. The third-order valence-electron chi connectivity index (χ3n) is 9.37. The number of amides is 2. The highest BCUT2D eigenvalue weighted by molar-refractivity contribution is 7.90. The Kier molecular flexibility index (Phi) is 9.60. The van der Waals surface area contributed by atoms with Gasteiger partial charge in [-0.2, -0.15) is 0 Å². The number of hydrogen-bond acceptors (Lipinski definition) is 6. The SMILES string of the molecule is CC(C)(C)c1ccc(S(=O)(=O)NC(=O)Nc2ccc([C@@H]3C[C@H]3c3ccc(OCc4c(-c5c(Cl)cccc5Cl)noc4C4CC4)cc3Cl)cc2)cc1. The molecular formula is C39H36Cl3N3O5S. The second-order valence-corrected chi connectivity index (χ2v) is 17.0. The summed E-state index contributed by atoms with van der Waals surface area (Å²) in [5.74, 6) is 2.23. The number of nitrogens with one attached hydrogen (secondary N) is 2. The first kappa shape index (κ1) is 35.4. The molecule has 8 nitrogen and oxygen atoms in total. The number of anilines is 1. The smallest absolute Gasteiger partial charge is 0.333 e. The first-order chi connectivity index (χ1) is 24.3. The Hall–Kier alpha value is -4.02. The van der Waals surface area contributed by atoms with E-state index >= 15 is 0 Å². The van der Waals surface area contributed by atoms with Crippen molar-refractivity contribution in [2.24, 2.45) is 0 Å². The molecule has 0 unspecified atom stereocenters. The van der Waals surface area contributed by atoms with Crippen LogP contribution < -0.4 is 14.8 Å². The van der Waals surface area contributed by atoms with Gasteiger partial charge in [-0.1, -0.05) is 97.1 Å². The quantitative estimate of drug-likeness (QED) is 0.146. The van der Waals surface area contributed by atoms with E-state index in [0.717, 1.165) is 47.3 Å². The molecule has 2 atom stereocenters. The van der Waals surface area contributed by atoms with Crippen molar-refractivity contribution in [2.75, 3.05) is 5.32 Å². The maximum atomic E-state index is 12.8. The molecule has 0 saturated heterocycles. The molecule has 2 aliphatic carbocycles. The van der Waals surface area contributed by atoms with E-state index in [4.69, 9.17) is 44.1 Å². The first-order valence-electron chi connectivity index (χ1n) is 16.7. The van der Waals surface area contributed by atoms with E-state index in [1.165, 1.54) is 12.1 Å². The Bertz CT molecular complexity index is 2190. The van der Waals surface area contributed by atoms with Crippen molar-refractivity contribution < 1.29 is 22.5 Å². The van der Waals surface area contributed by atoms with Crippen molar-refractivity contribution in [2.45, 2.75) is 74.7 Å². The second-order valence-electron chi connectivity index (χ2n) is 14.1. The Morgan fingerprint density at radius 2 is 1.59 bits per heavy atom. The number of benzene rings is 4. The van der Waals surface area contributed by atoms with Crippen LogP contribution in [-0.2, 0) is 22.0 Å². The Morgan fingerprint density at radius 3 is 2.22 bits per heavy atom. The van der Waals surface area contributed by atoms with Gasteiger partial charge in [0.15, 0.2) is 0 Å². The zero-order valence-corrected chi connectivity index (χ0v) is 31.3. The van der Waals surface area contributed by atoms with Crippen molar-refractivity contribution in [1.82, 2.24) is 9.88 Å². The van der Waals surface area contributed by atoms with Crippen LogP contribution in [0, 0.1) is 0 Å². The highest BCUT2D eigenvalue weighted by atomic mass is 35.5. The van der Waals surface area contributed by atoms with Crippen LogP contribution in [0.2, 0.25) is 15.1 Å². The largest absolute Gasteiger partial charge is 0.489 e. The molecule has 1 aromatic heterocycles. The van der Waals surface area contributed by atoms with Gasteiger partial charge in [-0.25, -0.2) is 17.9 Å². The fourth-order valence-corrected chi connectivity index (χ4v) is 8.09. The molecule has 0 bridgehead atoms. The molecule has 1 heterocycles. The normalized spacial score (nSPS) is 17.2. The molecule has 2 aliphatic rings. The van der Waals surface area contributed by atoms with Crippen molar-refractivity contribution >= 4 is 56.5 Å². The average molecular weight is 765 g/mol. The summed E-state index contributed by atoms with van der Waals surface area (Å²) < 4.78 is 39.6. The summed E-state index contributed by atoms with van der Waals surface area (Å²) in [6, 6.07) is 24.2. The van der Waals surface area contributed by atoms with Gasteiger partial charge in [-0.05, 0) is 102 Å². The summed E-state index contributed by atoms with van der Waals surface area (Å²) in [7, 11) is -4.03. The molecule has 2 N–H and O–H groups in total. The van der Waals surface area contributed by atoms with E-state index in [1.807, 2.05) is 51.1 Å². The fraction of sp³-hybridized carbons (Fsp3) is 0.282. The monoisotopic (exact) mass is 763 g/mol. The van der Waals surface area contributed by atoms with Crippen LogP contribution in [0.3, 0.4) is 0 Å². The van der Waals surface area contributed by atoms with E-state index in [1.54, 1.807) is 42.5 Å². The molecule has 2 amide bonds. The minimum absolute atomic E-state index is 0.0184. The van der Waals surface area contributed by atoms with Gasteiger partial charge >= 0.3 is 6.03 Å². The van der Waals surface area contributed by atoms with Gasteiger partial charge in [-0.3, -0.25) is 0 Å². The van der Waals surface area contributed by atoms with Crippen molar-refractivity contribution in [3.63, 3.8) is 0 Å². The van der Waals surface area contributed by atoms with Crippen molar-refractivity contribution in [1.29, 1.82) is 0 Å². The number of aromatic nitrogens is 1. The van der Waals surface area contributed by atoms with Gasteiger partial charge < -0.3 is 14.6 Å². The molecule has 12 heteroatoms. The zero-order chi connectivity index (χ0) is 36.1. The van der Waals surface area contributed by atoms with E-state index in [2.05, 4.69) is 15.2 Å². The predicted octanol–water partition coefficient (Wildman–Crippen LogP) is 10.8. The van der Waals surface area contributed by atoms with E-state index in [9.17, 15) is 13.2 Å². The Labute approximate surface area is 312 Å². The topological polar surface area (TPSA) is 111 Å². The van der Waals surface area contributed by atoms with Crippen LogP contribution in [0.4, 0.5) is 10.5 Å². The van der Waals surface area contributed by atoms with Gasteiger partial charge in [-0.15, -0.1) is 0 Å². The number of carbonyl (C=O) groups excluding carboxylic acids is 1. The van der Waals surface area contributed by atoms with Crippen LogP contribution >= 0.6 is 34.8 Å². The number of nitrogens with zero attached hydrogens (tertiary/aromatic N) is 1. The predicted molar refractivity (Wildman–Crippen MR) is 201 cm³/mol. The molecule has 0 radical (unpaired) electrons. The van der Waals surface area contributed by atoms with Crippen molar-refractivity contribution in [3.8, 4) is 17.0 Å². The molecule has 0 spiro atoms. The molecule has 2 saturated carbocycles. The second kappa shape index (κ2) is 13.8.